The molecule has 2 aliphatic rings. The lowest BCUT2D eigenvalue weighted by Gasteiger charge is -2.25. The lowest BCUT2D eigenvalue weighted by atomic mass is 10.1. The summed E-state index contributed by atoms with van der Waals surface area (Å²) in [4.78, 5) is 123. The number of nitrogens with zero attached hydrogens (tertiary/aromatic N) is 20. The molecule has 5 amide bonds. The number of imidazole rings is 5. The number of ether oxygens (including phenoxy) is 1. The lowest BCUT2D eigenvalue weighted by Crippen LogP contribution is -2.33. The number of pyridine rings is 5. The van der Waals surface area contributed by atoms with Gasteiger partial charge in [0.25, 0.3) is 29.5 Å². The van der Waals surface area contributed by atoms with Gasteiger partial charge in [0, 0.05) is 112 Å². The first-order valence-corrected chi connectivity index (χ1v) is 53.4. The largest absolute Gasteiger partial charge is 0.496 e. The molecule has 0 spiro atoms. The molecule has 2 aliphatic carbocycles. The van der Waals surface area contributed by atoms with Crippen LogP contribution in [0, 0.1) is 17.6 Å². The Hall–Kier alpha value is -12.3. The number of carbonyl (C=O) groups excluding carboxylic acids is 5. The zero-order chi connectivity index (χ0) is 100. The Kier molecular flexibility index (Phi) is 40.9. The third kappa shape index (κ3) is 28.0. The van der Waals surface area contributed by atoms with E-state index in [1.165, 1.54) is 30.2 Å². The third-order valence-electron chi connectivity index (χ3n) is 25.6. The second-order valence-electron chi connectivity index (χ2n) is 36.7. The van der Waals surface area contributed by atoms with E-state index < -0.39 is 17.5 Å². The Balaban J connectivity index is 0.000000149. The maximum absolute atomic E-state index is 14.4. The summed E-state index contributed by atoms with van der Waals surface area (Å²) in [7, 11) is 1.56. The van der Waals surface area contributed by atoms with Crippen LogP contribution in [0.5, 0.6) is 5.75 Å². The van der Waals surface area contributed by atoms with E-state index in [4.69, 9.17) is 52.9 Å². The highest BCUT2D eigenvalue weighted by Gasteiger charge is 2.32. The van der Waals surface area contributed by atoms with Gasteiger partial charge >= 0.3 is 0 Å². The summed E-state index contributed by atoms with van der Waals surface area (Å²) in [6, 6.07) is 41.3. The molecule has 2 saturated carbocycles. The number of fused-ring (bicyclic) bond motifs is 5. The number of halogens is 4. The van der Waals surface area contributed by atoms with Crippen molar-refractivity contribution in [2.24, 2.45) is 5.92 Å². The third-order valence-corrected chi connectivity index (χ3v) is 27.7. The molecule has 142 heavy (non-hydrogen) atoms. The van der Waals surface area contributed by atoms with Gasteiger partial charge in [0.15, 0.2) is 28.2 Å². The highest BCUT2D eigenvalue weighted by Crippen LogP contribution is 2.37. The maximum atomic E-state index is 14.4. The van der Waals surface area contributed by atoms with E-state index in [-0.39, 0.29) is 35.7 Å². The fraction of sp³-hybridized carbons (Fsp3) is 0.445. The highest BCUT2D eigenvalue weighted by atomic mass is 35.5. The van der Waals surface area contributed by atoms with Crippen LogP contribution in [0.3, 0.4) is 0 Å². The van der Waals surface area contributed by atoms with Gasteiger partial charge in [0.05, 0.1) is 72.0 Å². The van der Waals surface area contributed by atoms with Gasteiger partial charge < -0.3 is 52.1 Å². The van der Waals surface area contributed by atoms with Gasteiger partial charge in [-0.15, -0.1) is 11.3 Å². The molecule has 26 nitrogen and oxygen atoms in total. The van der Waals surface area contributed by atoms with Crippen molar-refractivity contribution < 1.29 is 37.5 Å². The van der Waals surface area contributed by atoms with E-state index in [1.54, 1.807) is 78.5 Å². The topological polar surface area (TPSA) is 264 Å². The molecule has 32 heteroatoms. The molecular formula is C110H136Cl2F2N20O6S2. The SMILES string of the molecule is CCCCCN(Cc1nc2cccnc2n1C1CCCC1)C(=O)c1ccc(F)cc1F.CCCCCN(Cc1nc2cccnc2n1C1CCCC1)C(=O)c1ccccc1Cl.CCCCCN(Cc1nc2cccnc2n1CCC)C(=O)c1cc(Cl)ccc1OC.CCCCN(Cc1nc2cccnc2n1CCC)C(=O)c1ccsc1.CCCn1c(CN(CCC(C)C)C(=O)c2cccs2)nc2cccnc21. The first kappa shape index (κ1) is 107. The molecule has 0 saturated heterocycles. The maximum Gasteiger partial charge on any atom is 0.264 e. The molecule has 0 unspecified atom stereocenters. The van der Waals surface area contributed by atoms with E-state index in [0.29, 0.717) is 90.7 Å². The van der Waals surface area contributed by atoms with Gasteiger partial charge in [-0.25, -0.2) is 58.6 Å². The van der Waals surface area contributed by atoms with Gasteiger partial charge in [0.1, 0.15) is 74.1 Å². The first-order valence-electron chi connectivity index (χ1n) is 50.8. The average Bonchev–Trinajstić information content (AvgIpc) is 1.52. The summed E-state index contributed by atoms with van der Waals surface area (Å²) in [5, 5.41) is 6.81. The number of benzene rings is 3. The minimum absolute atomic E-state index is 0.0327. The first-order chi connectivity index (χ1) is 69.2. The predicted molar refractivity (Wildman–Crippen MR) is 565 cm³/mol. The number of thiophene rings is 2. The van der Waals surface area contributed by atoms with Crippen LogP contribution in [0.25, 0.3) is 55.8 Å². The van der Waals surface area contributed by atoms with Crippen molar-refractivity contribution in [3.8, 4) is 5.75 Å². The number of aryl methyl sites for hydroxylation is 3. The number of aromatic nitrogens is 15. The number of hydrogen-bond donors (Lipinski definition) is 0. The average molecular weight is 2010 g/mol. The lowest BCUT2D eigenvalue weighted by molar-refractivity contribution is 0.0721. The summed E-state index contributed by atoms with van der Waals surface area (Å²) < 4.78 is 44.0. The Labute approximate surface area is 850 Å². The number of hydrogen-bond acceptors (Lipinski definition) is 18. The monoisotopic (exact) mass is 2000 g/mol. The Morgan fingerprint density at radius 3 is 1.23 bits per heavy atom. The van der Waals surface area contributed by atoms with E-state index >= 15 is 0 Å². The van der Waals surface area contributed by atoms with Gasteiger partial charge in [-0.2, -0.15) is 11.3 Å². The fourth-order valence-electron chi connectivity index (χ4n) is 18.3. The smallest absolute Gasteiger partial charge is 0.264 e. The van der Waals surface area contributed by atoms with Crippen LogP contribution in [0.1, 0.15) is 302 Å². The van der Waals surface area contributed by atoms with E-state index in [9.17, 15) is 32.8 Å². The van der Waals surface area contributed by atoms with Crippen LogP contribution in [0.4, 0.5) is 8.78 Å². The van der Waals surface area contributed by atoms with Gasteiger partial charge in [0.2, 0.25) is 0 Å². The summed E-state index contributed by atoms with van der Waals surface area (Å²) in [5.74, 6) is 3.49. The number of amides is 5. The molecular weight excluding hydrogens is 1870 g/mol. The van der Waals surface area contributed by atoms with Crippen molar-refractivity contribution in [1.29, 1.82) is 0 Å². The molecule has 0 atom stereocenters. The van der Waals surface area contributed by atoms with Crippen molar-refractivity contribution in [2.75, 3.05) is 39.8 Å². The standard InChI is InChI=1S/C24H29ClN4O.C24H28F2N4O.C23H29ClN4O2.C20H26N4OS.C19H24N4OS/c1-2-3-8-16-28(24(30)19-12-6-7-13-20(19)25)17-22-27-21-14-9-15-26-23(21)29(22)18-10-4-5-11-18;1-2-3-6-14-29(24(31)19-12-11-17(25)15-20(19)26)16-22-28-21-10-7-13-27-23(21)30(22)18-8-4-5-9-18;1-4-6-7-14-27(23(29)18-15-17(24)10-11-20(18)30-3)16-21-26-19-9-8-12-25-22(19)28(21)13-5-2;1-4-11-24-18(22-16-7-5-10-21-19(16)24)14-23(12-9-15(2)3)20(25)17-8-6-13-26-17;1-3-5-11-22(19(24)15-8-12-25-14-15)13-17-21-16-7-6-9-20-18(16)23(17)10-4-2/h6-7,9,12-15,18H,2-5,8,10-11,16-17H2,1H3;7,10-13,15,18H,2-6,8-9,14,16H2,1H3;8-12,15H,4-7,13-14,16H2,1-3H3;5-8,10,13,15H,4,9,11-12,14H2,1-3H3;6-9,12,14H,3-5,10-11,13H2,1-2H3. The van der Waals surface area contributed by atoms with Crippen molar-refractivity contribution >= 4 is 131 Å². The van der Waals surface area contributed by atoms with Crippen molar-refractivity contribution in [1.82, 2.24) is 97.2 Å². The number of unbranched alkanes of at least 4 members (excludes halogenated alkanes) is 7. The molecule has 12 heterocycles. The number of carbonyl (C=O) groups is 5. The van der Waals surface area contributed by atoms with Crippen LogP contribution in [0.2, 0.25) is 10.0 Å². The second kappa shape index (κ2) is 54.3. The molecule has 12 aromatic heterocycles. The van der Waals surface area contributed by atoms with Crippen LogP contribution in [-0.2, 0) is 52.4 Å². The molecule has 15 aromatic rings. The van der Waals surface area contributed by atoms with Crippen LogP contribution in [-0.4, -0.2) is 167 Å². The van der Waals surface area contributed by atoms with Crippen molar-refractivity contribution in [3.05, 3.63) is 265 Å². The minimum Gasteiger partial charge on any atom is -0.496 e. The zero-order valence-electron chi connectivity index (χ0n) is 83.8. The van der Waals surface area contributed by atoms with Crippen molar-refractivity contribution in [2.45, 2.75) is 274 Å². The summed E-state index contributed by atoms with van der Waals surface area (Å²) in [6.07, 6.45) is 33.2. The normalized spacial score (nSPS) is 12.6. The minimum atomic E-state index is -0.837. The quantitative estimate of drug-likeness (QED) is 0.0322. The number of methoxy groups -OCH3 is 1. The highest BCUT2D eigenvalue weighted by molar-refractivity contribution is 7.12. The molecule has 3 aromatic carbocycles. The molecule has 0 radical (unpaired) electrons. The Morgan fingerprint density at radius 1 is 0.408 bits per heavy atom. The molecule has 0 N–H and O–H groups in total. The Bertz CT molecular complexity index is 6570. The zero-order valence-corrected chi connectivity index (χ0v) is 87.0. The van der Waals surface area contributed by atoms with Gasteiger partial charge in [-0.3, -0.25) is 24.0 Å². The molecule has 0 aliphatic heterocycles. The van der Waals surface area contributed by atoms with E-state index in [1.807, 2.05) is 133 Å². The molecule has 752 valence electrons. The van der Waals surface area contributed by atoms with Crippen LogP contribution in [0.15, 0.2) is 187 Å². The van der Waals surface area contributed by atoms with Gasteiger partial charge in [-0.1, -0.05) is 174 Å². The summed E-state index contributed by atoms with van der Waals surface area (Å²) in [6.45, 7) is 27.4. The molecule has 2 fully saturated rings. The van der Waals surface area contributed by atoms with Crippen LogP contribution < -0.4 is 4.74 Å². The number of rotatable bonds is 42. The van der Waals surface area contributed by atoms with E-state index in [0.717, 1.165) is 275 Å². The van der Waals surface area contributed by atoms with Crippen LogP contribution >= 0.6 is 45.9 Å². The Morgan fingerprint density at radius 2 is 0.817 bits per heavy atom. The second-order valence-corrected chi connectivity index (χ2v) is 39.2. The summed E-state index contributed by atoms with van der Waals surface area (Å²) in [5.41, 5.74) is 10.4. The fourth-order valence-corrected chi connectivity index (χ4v) is 20.0. The van der Waals surface area contributed by atoms with Gasteiger partial charge in [-0.05, 0) is 209 Å². The van der Waals surface area contributed by atoms with Crippen molar-refractivity contribution in [3.63, 3.8) is 0 Å². The van der Waals surface area contributed by atoms with E-state index in [2.05, 4.69) is 110 Å². The predicted octanol–water partition coefficient (Wildman–Crippen LogP) is 26.0. The molecule has 0 bridgehead atoms. The summed E-state index contributed by atoms with van der Waals surface area (Å²) >= 11 is 15.6. The molecule has 17 rings (SSSR count).